The lowest BCUT2D eigenvalue weighted by Crippen LogP contribution is -2.33. The Bertz CT molecular complexity index is 1070. The predicted molar refractivity (Wildman–Crippen MR) is 111 cm³/mol. The quantitative estimate of drug-likeness (QED) is 0.489. The van der Waals surface area contributed by atoms with Gasteiger partial charge in [0.05, 0.1) is 21.8 Å². The maximum absolute atomic E-state index is 5.55. The van der Waals surface area contributed by atoms with E-state index in [0.29, 0.717) is 24.2 Å². The summed E-state index contributed by atoms with van der Waals surface area (Å²) < 4.78 is 6.82. The van der Waals surface area contributed by atoms with Crippen LogP contribution in [0.2, 0.25) is 0 Å². The van der Waals surface area contributed by atoms with E-state index in [1.54, 1.807) is 0 Å². The molecule has 142 valence electrons. The number of benzene rings is 2. The molecule has 0 N–H and O–H groups in total. The van der Waals surface area contributed by atoms with Crippen molar-refractivity contribution in [3.63, 3.8) is 0 Å². The third-order valence-electron chi connectivity index (χ3n) is 5.38. The Balaban J connectivity index is 1.30. The van der Waals surface area contributed by atoms with E-state index in [0.717, 1.165) is 29.7 Å². The number of aryl methyl sites for hydroxylation is 1. The van der Waals surface area contributed by atoms with E-state index in [4.69, 9.17) is 9.51 Å². The van der Waals surface area contributed by atoms with Gasteiger partial charge in [-0.2, -0.15) is 4.98 Å². The fourth-order valence-electron chi connectivity index (χ4n) is 3.91. The lowest BCUT2D eigenvalue weighted by molar-refractivity contribution is 0.177. The van der Waals surface area contributed by atoms with Crippen molar-refractivity contribution in [1.82, 2.24) is 20.0 Å². The van der Waals surface area contributed by atoms with Gasteiger partial charge in [-0.3, -0.25) is 4.90 Å². The summed E-state index contributed by atoms with van der Waals surface area (Å²) in [7, 11) is 0. The van der Waals surface area contributed by atoms with Crippen LogP contribution in [0.15, 0.2) is 53.1 Å². The van der Waals surface area contributed by atoms with Crippen LogP contribution in [-0.4, -0.2) is 33.1 Å². The summed E-state index contributed by atoms with van der Waals surface area (Å²) in [5.41, 5.74) is 3.30. The van der Waals surface area contributed by atoms with Crippen molar-refractivity contribution in [1.29, 1.82) is 0 Å². The molecule has 1 aliphatic heterocycles. The number of para-hydroxylation sites is 1. The first-order valence-electron chi connectivity index (χ1n) is 9.73. The normalized spacial score (nSPS) is 18.0. The zero-order valence-electron chi connectivity index (χ0n) is 15.8. The number of hydrogen-bond acceptors (Lipinski definition) is 6. The van der Waals surface area contributed by atoms with Crippen molar-refractivity contribution in [2.75, 3.05) is 13.1 Å². The second-order valence-electron chi connectivity index (χ2n) is 7.42. The lowest BCUT2D eigenvalue weighted by Gasteiger charge is -2.30. The number of hydrogen-bond donors (Lipinski definition) is 0. The molecule has 4 aromatic rings. The molecule has 1 unspecified atom stereocenters. The average Bonchev–Trinajstić information content (AvgIpc) is 3.35. The molecule has 5 rings (SSSR count). The highest BCUT2D eigenvalue weighted by molar-refractivity contribution is 7.18. The SMILES string of the molecule is Cc1ccccc1-c1noc(CN2CCCC(c3nc4ccccc4s3)C2)n1. The molecule has 1 aliphatic rings. The molecule has 0 saturated carbocycles. The second kappa shape index (κ2) is 7.45. The summed E-state index contributed by atoms with van der Waals surface area (Å²) in [6.45, 7) is 4.81. The van der Waals surface area contributed by atoms with Gasteiger partial charge in [-0.1, -0.05) is 41.6 Å². The Morgan fingerprint density at radius 3 is 2.86 bits per heavy atom. The molecular weight excluding hydrogens is 368 g/mol. The zero-order chi connectivity index (χ0) is 18.9. The van der Waals surface area contributed by atoms with Crippen molar-refractivity contribution < 1.29 is 4.52 Å². The first-order chi connectivity index (χ1) is 13.8. The summed E-state index contributed by atoms with van der Waals surface area (Å²) in [4.78, 5) is 11.9. The smallest absolute Gasteiger partial charge is 0.241 e. The molecule has 0 amide bonds. The van der Waals surface area contributed by atoms with E-state index in [2.05, 4.69) is 52.3 Å². The van der Waals surface area contributed by atoms with Crippen molar-refractivity contribution in [2.45, 2.75) is 32.2 Å². The Morgan fingerprint density at radius 1 is 1.11 bits per heavy atom. The van der Waals surface area contributed by atoms with Crippen molar-refractivity contribution in [3.8, 4) is 11.4 Å². The molecule has 6 heteroatoms. The van der Waals surface area contributed by atoms with Crippen molar-refractivity contribution in [2.24, 2.45) is 0 Å². The second-order valence-corrected chi connectivity index (χ2v) is 8.48. The molecular formula is C22H22N4OS. The molecule has 1 saturated heterocycles. The van der Waals surface area contributed by atoms with Gasteiger partial charge < -0.3 is 4.52 Å². The van der Waals surface area contributed by atoms with Crippen LogP contribution in [0.3, 0.4) is 0 Å². The third-order valence-corrected chi connectivity index (χ3v) is 6.58. The van der Waals surface area contributed by atoms with E-state index in [1.165, 1.54) is 22.5 Å². The summed E-state index contributed by atoms with van der Waals surface area (Å²) in [6.07, 6.45) is 2.36. The fraction of sp³-hybridized carbons (Fsp3) is 0.318. The maximum atomic E-state index is 5.55. The van der Waals surface area contributed by atoms with E-state index < -0.39 is 0 Å². The van der Waals surface area contributed by atoms with Gasteiger partial charge in [0.2, 0.25) is 11.7 Å². The third kappa shape index (κ3) is 3.45. The summed E-state index contributed by atoms with van der Waals surface area (Å²) in [6, 6.07) is 16.5. The van der Waals surface area contributed by atoms with Crippen LogP contribution in [0.4, 0.5) is 0 Å². The number of nitrogens with zero attached hydrogens (tertiary/aromatic N) is 4. The Kier molecular flexibility index (Phi) is 4.66. The minimum atomic E-state index is 0.477. The van der Waals surface area contributed by atoms with Gasteiger partial charge >= 0.3 is 0 Å². The van der Waals surface area contributed by atoms with Gasteiger partial charge in [0.15, 0.2) is 0 Å². The van der Waals surface area contributed by atoms with E-state index >= 15 is 0 Å². The molecule has 0 bridgehead atoms. The molecule has 0 spiro atoms. The first kappa shape index (κ1) is 17.5. The van der Waals surface area contributed by atoms with Gasteiger partial charge in [-0.25, -0.2) is 4.98 Å². The first-order valence-corrected chi connectivity index (χ1v) is 10.5. The molecule has 2 aromatic heterocycles. The Labute approximate surface area is 168 Å². The molecule has 28 heavy (non-hydrogen) atoms. The number of rotatable bonds is 4. The number of piperidine rings is 1. The van der Waals surface area contributed by atoms with Gasteiger partial charge in [0.1, 0.15) is 0 Å². The van der Waals surface area contributed by atoms with Gasteiger partial charge in [-0.05, 0) is 44.0 Å². The zero-order valence-corrected chi connectivity index (χ0v) is 16.7. The van der Waals surface area contributed by atoms with Crippen LogP contribution in [0.5, 0.6) is 0 Å². The highest BCUT2D eigenvalue weighted by Crippen LogP contribution is 2.33. The van der Waals surface area contributed by atoms with Crippen LogP contribution in [0.1, 0.15) is 35.2 Å². The molecule has 0 radical (unpaired) electrons. The van der Waals surface area contributed by atoms with Crippen LogP contribution in [0, 0.1) is 6.92 Å². The summed E-state index contributed by atoms with van der Waals surface area (Å²) in [5.74, 6) is 1.83. The number of thiazole rings is 1. The Morgan fingerprint density at radius 2 is 1.96 bits per heavy atom. The highest BCUT2D eigenvalue weighted by atomic mass is 32.1. The van der Waals surface area contributed by atoms with Crippen LogP contribution in [0.25, 0.3) is 21.6 Å². The van der Waals surface area contributed by atoms with Crippen LogP contribution >= 0.6 is 11.3 Å². The highest BCUT2D eigenvalue weighted by Gasteiger charge is 2.25. The molecule has 3 heterocycles. The van der Waals surface area contributed by atoms with E-state index in [-0.39, 0.29) is 0 Å². The van der Waals surface area contributed by atoms with Gasteiger partial charge in [0.25, 0.3) is 0 Å². The summed E-state index contributed by atoms with van der Waals surface area (Å²) >= 11 is 1.83. The monoisotopic (exact) mass is 390 g/mol. The van der Waals surface area contributed by atoms with Crippen molar-refractivity contribution in [3.05, 3.63) is 65.0 Å². The maximum Gasteiger partial charge on any atom is 0.241 e. The predicted octanol–water partition coefficient (Wildman–Crippen LogP) is 5.03. The van der Waals surface area contributed by atoms with Crippen molar-refractivity contribution >= 4 is 21.6 Å². The minimum absolute atomic E-state index is 0.477. The number of aromatic nitrogens is 3. The lowest BCUT2D eigenvalue weighted by atomic mass is 9.99. The average molecular weight is 391 g/mol. The van der Waals surface area contributed by atoms with Crippen LogP contribution in [-0.2, 0) is 6.54 Å². The van der Waals surface area contributed by atoms with E-state index in [9.17, 15) is 0 Å². The fourth-order valence-corrected chi connectivity index (χ4v) is 5.00. The van der Waals surface area contributed by atoms with Crippen LogP contribution < -0.4 is 0 Å². The largest absolute Gasteiger partial charge is 0.338 e. The minimum Gasteiger partial charge on any atom is -0.338 e. The molecule has 5 nitrogen and oxygen atoms in total. The number of fused-ring (bicyclic) bond motifs is 1. The molecule has 1 fully saturated rings. The molecule has 0 aliphatic carbocycles. The van der Waals surface area contributed by atoms with E-state index in [1.807, 2.05) is 29.5 Å². The standard InChI is InChI=1S/C22H22N4OS/c1-15-7-2-3-9-17(15)21-24-20(27-25-21)14-26-12-6-8-16(13-26)22-23-18-10-4-5-11-19(18)28-22/h2-5,7,9-11,16H,6,8,12-14H2,1H3. The van der Waals surface area contributed by atoms with Gasteiger partial charge in [-0.15, -0.1) is 11.3 Å². The molecule has 2 aromatic carbocycles. The van der Waals surface area contributed by atoms with Gasteiger partial charge in [0, 0.05) is 18.0 Å². The topological polar surface area (TPSA) is 55.1 Å². The number of likely N-dealkylation sites (tertiary alicyclic amines) is 1. The summed E-state index contributed by atoms with van der Waals surface area (Å²) in [5, 5.41) is 5.44. The molecule has 1 atom stereocenters. The Hall–Kier alpha value is -2.57.